The van der Waals surface area contributed by atoms with E-state index in [1.54, 1.807) is 12.1 Å². The monoisotopic (exact) mass is 276 g/mol. The first-order valence-electron chi connectivity index (χ1n) is 5.71. The van der Waals surface area contributed by atoms with Gasteiger partial charge in [0, 0.05) is 17.5 Å². The molecule has 0 saturated heterocycles. The first-order chi connectivity index (χ1) is 7.90. The minimum Gasteiger partial charge on any atom is -0.326 e. The summed E-state index contributed by atoms with van der Waals surface area (Å²) >= 11 is 1.23. The number of hydrogen-bond acceptors (Lipinski definition) is 4. The molecule has 1 rings (SSSR count). The van der Waals surface area contributed by atoms with Crippen LogP contribution in [0.1, 0.15) is 32.1 Å². The highest BCUT2D eigenvalue weighted by molar-refractivity contribution is 7.91. The van der Waals surface area contributed by atoms with Crippen molar-refractivity contribution in [1.82, 2.24) is 4.72 Å². The molecule has 0 saturated carbocycles. The first-order valence-corrected chi connectivity index (χ1v) is 8.01. The second-order valence-electron chi connectivity index (χ2n) is 4.30. The summed E-state index contributed by atoms with van der Waals surface area (Å²) in [7, 11) is -3.39. The second kappa shape index (κ2) is 5.95. The van der Waals surface area contributed by atoms with E-state index in [1.165, 1.54) is 11.3 Å². The summed E-state index contributed by atoms with van der Waals surface area (Å²) in [5.41, 5.74) is 5.48. The fourth-order valence-corrected chi connectivity index (χ4v) is 4.28. The Labute approximate surface area is 107 Å². The van der Waals surface area contributed by atoms with Crippen LogP contribution in [0.15, 0.2) is 16.3 Å². The lowest BCUT2D eigenvalue weighted by molar-refractivity contribution is 0.438. The molecule has 0 spiro atoms. The van der Waals surface area contributed by atoms with Crippen LogP contribution in [-0.4, -0.2) is 14.5 Å². The number of thiophene rings is 1. The molecule has 98 valence electrons. The van der Waals surface area contributed by atoms with Crippen molar-refractivity contribution in [3.05, 3.63) is 17.0 Å². The van der Waals surface area contributed by atoms with Crippen LogP contribution in [0.2, 0.25) is 0 Å². The number of hydrogen-bond donors (Lipinski definition) is 2. The summed E-state index contributed by atoms with van der Waals surface area (Å²) in [6.07, 6.45) is 0.784. The van der Waals surface area contributed by atoms with Gasteiger partial charge in [-0.15, -0.1) is 11.3 Å². The Morgan fingerprint density at radius 2 is 2.06 bits per heavy atom. The van der Waals surface area contributed by atoms with Crippen LogP contribution in [0.4, 0.5) is 0 Å². The van der Waals surface area contributed by atoms with Gasteiger partial charge in [-0.1, -0.05) is 20.8 Å². The molecule has 0 radical (unpaired) electrons. The highest BCUT2D eigenvalue weighted by atomic mass is 32.2. The summed E-state index contributed by atoms with van der Waals surface area (Å²) < 4.78 is 27.3. The Morgan fingerprint density at radius 1 is 1.41 bits per heavy atom. The minimum absolute atomic E-state index is 0.0246. The highest BCUT2D eigenvalue weighted by Crippen LogP contribution is 2.22. The van der Waals surface area contributed by atoms with Crippen LogP contribution in [0.3, 0.4) is 0 Å². The molecule has 3 N–H and O–H groups in total. The van der Waals surface area contributed by atoms with E-state index in [0.717, 1.165) is 11.3 Å². The Hall–Kier alpha value is -0.430. The van der Waals surface area contributed by atoms with E-state index >= 15 is 0 Å². The van der Waals surface area contributed by atoms with Crippen LogP contribution < -0.4 is 10.5 Å². The lowest BCUT2D eigenvalue weighted by Crippen LogP contribution is -2.37. The number of nitrogens with two attached hydrogens (primary N) is 1. The molecule has 1 unspecified atom stereocenters. The average molecular weight is 276 g/mol. The number of rotatable bonds is 6. The van der Waals surface area contributed by atoms with Crippen molar-refractivity contribution in [2.75, 3.05) is 0 Å². The maximum absolute atomic E-state index is 12.1. The Balaban J connectivity index is 2.88. The molecule has 6 heteroatoms. The highest BCUT2D eigenvalue weighted by Gasteiger charge is 2.22. The molecule has 4 nitrogen and oxygen atoms in total. The van der Waals surface area contributed by atoms with Crippen LogP contribution >= 0.6 is 11.3 Å². The van der Waals surface area contributed by atoms with Gasteiger partial charge in [-0.3, -0.25) is 0 Å². The molecule has 1 atom stereocenters. The lowest BCUT2D eigenvalue weighted by atomic mass is 10.0. The van der Waals surface area contributed by atoms with E-state index in [9.17, 15) is 8.42 Å². The van der Waals surface area contributed by atoms with Gasteiger partial charge in [-0.2, -0.15) is 0 Å². The zero-order chi connectivity index (χ0) is 13.1. The summed E-state index contributed by atoms with van der Waals surface area (Å²) in [6, 6.07) is 3.35. The lowest BCUT2D eigenvalue weighted by Gasteiger charge is -2.19. The summed E-state index contributed by atoms with van der Waals surface area (Å²) in [5, 5.41) is 0. The van der Waals surface area contributed by atoms with E-state index in [0.29, 0.717) is 10.8 Å². The van der Waals surface area contributed by atoms with Crippen molar-refractivity contribution >= 4 is 21.4 Å². The van der Waals surface area contributed by atoms with Crippen molar-refractivity contribution in [1.29, 1.82) is 0 Å². The van der Waals surface area contributed by atoms with Crippen molar-refractivity contribution in [2.45, 2.75) is 44.0 Å². The van der Waals surface area contributed by atoms with Crippen LogP contribution in [0.5, 0.6) is 0 Å². The third-order valence-corrected chi connectivity index (χ3v) is 5.74. The molecule has 0 amide bonds. The van der Waals surface area contributed by atoms with Gasteiger partial charge in [0.05, 0.1) is 0 Å². The minimum atomic E-state index is -3.39. The van der Waals surface area contributed by atoms with Gasteiger partial charge < -0.3 is 5.73 Å². The summed E-state index contributed by atoms with van der Waals surface area (Å²) in [4.78, 5) is 0.878. The second-order valence-corrected chi connectivity index (χ2v) is 7.41. The Kier molecular flexibility index (Phi) is 5.12. The third kappa shape index (κ3) is 3.77. The molecular formula is C11H20N2O2S2. The van der Waals surface area contributed by atoms with Gasteiger partial charge in [-0.25, -0.2) is 13.1 Å². The topological polar surface area (TPSA) is 72.2 Å². The van der Waals surface area contributed by atoms with Gasteiger partial charge >= 0.3 is 0 Å². The van der Waals surface area contributed by atoms with Crippen molar-refractivity contribution in [2.24, 2.45) is 11.7 Å². The van der Waals surface area contributed by atoms with Crippen molar-refractivity contribution < 1.29 is 8.42 Å². The fraction of sp³-hybridized carbons (Fsp3) is 0.636. The SMILES string of the molecule is CCC(NS(=O)(=O)c1ccc(CN)s1)C(C)C. The normalized spacial score (nSPS) is 14.2. The smallest absolute Gasteiger partial charge is 0.250 e. The predicted molar refractivity (Wildman–Crippen MR) is 71.4 cm³/mol. The van der Waals surface area contributed by atoms with E-state index in [-0.39, 0.29) is 12.0 Å². The Morgan fingerprint density at radius 3 is 2.47 bits per heavy atom. The van der Waals surface area contributed by atoms with E-state index < -0.39 is 10.0 Å². The first kappa shape index (κ1) is 14.6. The quantitative estimate of drug-likeness (QED) is 0.834. The van der Waals surface area contributed by atoms with E-state index in [1.807, 2.05) is 20.8 Å². The summed E-state index contributed by atoms with van der Waals surface area (Å²) in [6.45, 7) is 6.38. The molecule has 0 aliphatic carbocycles. The molecule has 17 heavy (non-hydrogen) atoms. The molecule has 0 bridgehead atoms. The van der Waals surface area contributed by atoms with E-state index in [4.69, 9.17) is 5.73 Å². The molecule has 1 aromatic rings. The van der Waals surface area contributed by atoms with Gasteiger partial charge in [0.2, 0.25) is 10.0 Å². The maximum atomic E-state index is 12.1. The maximum Gasteiger partial charge on any atom is 0.250 e. The Bertz CT molecular complexity index is 452. The predicted octanol–water partition coefficient (Wildman–Crippen LogP) is 1.92. The zero-order valence-corrected chi connectivity index (χ0v) is 12.1. The van der Waals surface area contributed by atoms with Gasteiger partial charge in [0.15, 0.2) is 0 Å². The molecule has 1 heterocycles. The van der Waals surface area contributed by atoms with Gasteiger partial charge in [0.25, 0.3) is 0 Å². The summed E-state index contributed by atoms with van der Waals surface area (Å²) in [5.74, 6) is 0.281. The van der Waals surface area contributed by atoms with E-state index in [2.05, 4.69) is 4.72 Å². The van der Waals surface area contributed by atoms with Gasteiger partial charge in [0.1, 0.15) is 4.21 Å². The molecular weight excluding hydrogens is 256 g/mol. The third-order valence-electron chi connectivity index (χ3n) is 2.65. The van der Waals surface area contributed by atoms with Crippen molar-refractivity contribution in [3.8, 4) is 0 Å². The zero-order valence-electron chi connectivity index (χ0n) is 10.4. The molecule has 0 aliphatic rings. The van der Waals surface area contributed by atoms with Crippen LogP contribution in [0, 0.1) is 5.92 Å². The molecule has 0 aromatic carbocycles. The molecule has 0 aliphatic heterocycles. The number of sulfonamides is 1. The number of nitrogens with one attached hydrogen (secondary N) is 1. The van der Waals surface area contributed by atoms with Crippen LogP contribution in [-0.2, 0) is 16.6 Å². The van der Waals surface area contributed by atoms with Crippen molar-refractivity contribution in [3.63, 3.8) is 0 Å². The van der Waals surface area contributed by atoms with Gasteiger partial charge in [-0.05, 0) is 24.5 Å². The largest absolute Gasteiger partial charge is 0.326 e. The average Bonchev–Trinajstić information content (AvgIpc) is 2.74. The molecule has 0 fully saturated rings. The molecule has 1 aromatic heterocycles. The van der Waals surface area contributed by atoms with Crippen LogP contribution in [0.25, 0.3) is 0 Å². The standard InChI is InChI=1S/C11H20N2O2S2/c1-4-10(8(2)3)13-17(14,15)11-6-5-9(7-12)16-11/h5-6,8,10,13H,4,7,12H2,1-3H3. The fourth-order valence-electron chi connectivity index (χ4n) is 1.56.